The molecule has 1 unspecified atom stereocenters. The number of fused-ring (bicyclic) bond motifs is 2. The predicted molar refractivity (Wildman–Crippen MR) is 105 cm³/mol. The quantitative estimate of drug-likeness (QED) is 0.780. The van der Waals surface area contributed by atoms with Gasteiger partial charge in [0.15, 0.2) is 16.5 Å². The molecule has 1 fully saturated rings. The van der Waals surface area contributed by atoms with Gasteiger partial charge in [-0.1, -0.05) is 30.7 Å². The third-order valence-corrected chi connectivity index (χ3v) is 6.70. The first kappa shape index (κ1) is 18.9. The molecule has 0 aliphatic carbocycles. The van der Waals surface area contributed by atoms with Crippen LogP contribution in [0.15, 0.2) is 36.4 Å². The van der Waals surface area contributed by atoms with Crippen molar-refractivity contribution in [1.29, 1.82) is 0 Å². The van der Waals surface area contributed by atoms with Crippen LogP contribution >= 0.6 is 11.8 Å². The summed E-state index contributed by atoms with van der Waals surface area (Å²) >= 11 is 1.46. The van der Waals surface area contributed by atoms with Crippen molar-refractivity contribution in [1.82, 2.24) is 4.90 Å². The Morgan fingerprint density at radius 3 is 2.68 bits per heavy atom. The maximum Gasteiger partial charge on any atom is 0.268 e. The minimum atomic E-state index is -1.08. The minimum absolute atomic E-state index is 0.0690. The number of aryl methyl sites for hydroxylation is 1. The number of hydrogen-bond acceptors (Lipinski definition) is 3. The van der Waals surface area contributed by atoms with Crippen LogP contribution < -0.4 is 4.90 Å². The standard InChI is InChI=1S/C21H20F2N2O2S/c1-3-19(26)25-8-9-28-21(25)15-10-13(2)4-7-18(15)24(20(21)27)12-14-5-6-16(22)17(23)11-14/h4-7,10-11H,3,8-9,12H2,1-2H3. The highest BCUT2D eigenvalue weighted by Crippen LogP contribution is 2.54. The number of rotatable bonds is 3. The summed E-state index contributed by atoms with van der Waals surface area (Å²) in [5, 5.41) is 0. The average molecular weight is 402 g/mol. The van der Waals surface area contributed by atoms with Crippen molar-refractivity contribution in [2.45, 2.75) is 31.7 Å². The van der Waals surface area contributed by atoms with E-state index in [1.807, 2.05) is 25.1 Å². The summed E-state index contributed by atoms with van der Waals surface area (Å²) in [4.78, 5) is 28.4. The molecule has 2 aromatic rings. The van der Waals surface area contributed by atoms with Gasteiger partial charge in [-0.2, -0.15) is 0 Å². The summed E-state index contributed by atoms with van der Waals surface area (Å²) in [6.45, 7) is 4.36. The van der Waals surface area contributed by atoms with Gasteiger partial charge in [-0.05, 0) is 30.7 Å². The molecule has 1 saturated heterocycles. The van der Waals surface area contributed by atoms with Crippen LogP contribution in [-0.2, 0) is 21.0 Å². The molecule has 2 heterocycles. The molecule has 0 radical (unpaired) electrons. The fraction of sp³-hybridized carbons (Fsp3) is 0.333. The van der Waals surface area contributed by atoms with E-state index < -0.39 is 16.5 Å². The van der Waals surface area contributed by atoms with Gasteiger partial charge in [0.25, 0.3) is 5.91 Å². The topological polar surface area (TPSA) is 40.6 Å². The Labute approximate surface area is 166 Å². The van der Waals surface area contributed by atoms with Crippen LogP contribution in [0.5, 0.6) is 0 Å². The molecule has 0 saturated carbocycles. The molecule has 0 N–H and O–H groups in total. The molecular formula is C21H20F2N2O2S. The van der Waals surface area contributed by atoms with Crippen LogP contribution in [0, 0.1) is 18.6 Å². The fourth-order valence-corrected chi connectivity index (χ4v) is 5.42. The van der Waals surface area contributed by atoms with E-state index in [4.69, 9.17) is 0 Å². The van der Waals surface area contributed by atoms with Crippen molar-refractivity contribution in [3.05, 3.63) is 64.7 Å². The zero-order valence-electron chi connectivity index (χ0n) is 15.7. The van der Waals surface area contributed by atoms with Crippen molar-refractivity contribution in [2.75, 3.05) is 17.2 Å². The molecule has 4 rings (SSSR count). The molecule has 2 aromatic carbocycles. The summed E-state index contributed by atoms with van der Waals surface area (Å²) in [7, 11) is 0. The van der Waals surface area contributed by atoms with Crippen molar-refractivity contribution < 1.29 is 18.4 Å². The predicted octanol–water partition coefficient (Wildman–Crippen LogP) is 3.96. The molecule has 4 nitrogen and oxygen atoms in total. The fourth-order valence-electron chi connectivity index (χ4n) is 3.95. The first-order valence-electron chi connectivity index (χ1n) is 9.20. The minimum Gasteiger partial charge on any atom is -0.315 e. The highest BCUT2D eigenvalue weighted by molar-refractivity contribution is 8.01. The first-order valence-corrected chi connectivity index (χ1v) is 10.2. The van der Waals surface area contributed by atoms with Gasteiger partial charge < -0.3 is 9.80 Å². The number of amides is 2. The van der Waals surface area contributed by atoms with Gasteiger partial charge in [-0.25, -0.2) is 8.78 Å². The number of benzene rings is 2. The average Bonchev–Trinajstić information content (AvgIpc) is 3.21. The molecular weight excluding hydrogens is 382 g/mol. The molecule has 146 valence electrons. The lowest BCUT2D eigenvalue weighted by atomic mass is 10.0. The number of carbonyl (C=O) groups is 2. The SMILES string of the molecule is CCC(=O)N1CCSC12C(=O)N(Cc1ccc(F)c(F)c1)c1ccc(C)cc12. The van der Waals surface area contributed by atoms with E-state index in [9.17, 15) is 18.4 Å². The number of nitrogens with zero attached hydrogens (tertiary/aromatic N) is 2. The van der Waals surface area contributed by atoms with Gasteiger partial charge >= 0.3 is 0 Å². The second-order valence-corrected chi connectivity index (χ2v) is 8.34. The second-order valence-electron chi connectivity index (χ2n) is 7.05. The Morgan fingerprint density at radius 2 is 1.96 bits per heavy atom. The first-order chi connectivity index (χ1) is 13.4. The normalized spacial score (nSPS) is 20.9. The van der Waals surface area contributed by atoms with Crippen molar-refractivity contribution in [3.63, 3.8) is 0 Å². The molecule has 28 heavy (non-hydrogen) atoms. The van der Waals surface area contributed by atoms with E-state index >= 15 is 0 Å². The van der Waals surface area contributed by atoms with E-state index in [0.717, 1.165) is 23.3 Å². The molecule has 2 amide bonds. The summed E-state index contributed by atoms with van der Waals surface area (Å²) in [6.07, 6.45) is 0.319. The van der Waals surface area contributed by atoms with E-state index in [1.54, 1.807) is 16.7 Å². The summed E-state index contributed by atoms with van der Waals surface area (Å²) in [5.74, 6) is -1.47. The van der Waals surface area contributed by atoms with Crippen molar-refractivity contribution in [2.24, 2.45) is 0 Å². The van der Waals surface area contributed by atoms with E-state index in [1.165, 1.54) is 17.8 Å². The smallest absolute Gasteiger partial charge is 0.268 e. The molecule has 0 bridgehead atoms. The Kier molecular flexibility index (Phi) is 4.65. The van der Waals surface area contributed by atoms with Gasteiger partial charge in [-0.3, -0.25) is 9.59 Å². The largest absolute Gasteiger partial charge is 0.315 e. The molecule has 0 aromatic heterocycles. The van der Waals surface area contributed by atoms with E-state index in [0.29, 0.717) is 30.0 Å². The van der Waals surface area contributed by atoms with Gasteiger partial charge in [-0.15, -0.1) is 11.8 Å². The van der Waals surface area contributed by atoms with Crippen molar-refractivity contribution in [3.8, 4) is 0 Å². The van der Waals surface area contributed by atoms with Crippen LogP contribution in [0.1, 0.15) is 30.0 Å². The molecule has 7 heteroatoms. The summed E-state index contributed by atoms with van der Waals surface area (Å²) in [6, 6.07) is 9.38. The monoisotopic (exact) mass is 402 g/mol. The molecule has 2 aliphatic heterocycles. The van der Waals surface area contributed by atoms with Crippen LogP contribution in [0.2, 0.25) is 0 Å². The molecule has 2 aliphatic rings. The summed E-state index contributed by atoms with van der Waals surface area (Å²) < 4.78 is 27.0. The van der Waals surface area contributed by atoms with Crippen LogP contribution in [-0.4, -0.2) is 29.0 Å². The lowest BCUT2D eigenvalue weighted by Gasteiger charge is -2.33. The number of anilines is 1. The van der Waals surface area contributed by atoms with E-state index in [2.05, 4.69) is 0 Å². The second kappa shape index (κ2) is 6.88. The lowest BCUT2D eigenvalue weighted by molar-refractivity contribution is -0.139. The van der Waals surface area contributed by atoms with Gasteiger partial charge in [0, 0.05) is 24.3 Å². The molecule has 1 atom stereocenters. The van der Waals surface area contributed by atoms with Crippen LogP contribution in [0.3, 0.4) is 0 Å². The van der Waals surface area contributed by atoms with Crippen molar-refractivity contribution >= 4 is 29.3 Å². The summed E-state index contributed by atoms with van der Waals surface area (Å²) in [5.41, 5.74) is 3.00. The maximum absolute atomic E-state index is 13.7. The number of halogens is 2. The Hall–Kier alpha value is -2.41. The Bertz CT molecular complexity index is 981. The lowest BCUT2D eigenvalue weighted by Crippen LogP contribution is -2.50. The third kappa shape index (κ3) is 2.71. The Morgan fingerprint density at radius 1 is 1.18 bits per heavy atom. The molecule has 1 spiro atoms. The van der Waals surface area contributed by atoms with E-state index in [-0.39, 0.29) is 18.4 Å². The number of hydrogen-bond donors (Lipinski definition) is 0. The van der Waals surface area contributed by atoms with Crippen LogP contribution in [0.25, 0.3) is 0 Å². The number of carbonyl (C=O) groups excluding carboxylic acids is 2. The van der Waals surface area contributed by atoms with Gasteiger partial charge in [0.1, 0.15) is 0 Å². The van der Waals surface area contributed by atoms with Gasteiger partial charge in [0.2, 0.25) is 5.91 Å². The maximum atomic E-state index is 13.7. The highest BCUT2D eigenvalue weighted by Gasteiger charge is 2.59. The number of thioether (sulfide) groups is 1. The van der Waals surface area contributed by atoms with Crippen LogP contribution in [0.4, 0.5) is 14.5 Å². The highest BCUT2D eigenvalue weighted by atomic mass is 32.2. The Balaban J connectivity index is 1.81. The third-order valence-electron chi connectivity index (χ3n) is 5.28. The van der Waals surface area contributed by atoms with Gasteiger partial charge in [0.05, 0.1) is 12.2 Å². The zero-order chi connectivity index (χ0) is 20.1. The zero-order valence-corrected chi connectivity index (χ0v) is 16.5.